The Morgan fingerprint density at radius 2 is 2.06 bits per heavy atom. The van der Waals surface area contributed by atoms with E-state index in [4.69, 9.17) is 22.7 Å². The normalized spacial score (nSPS) is 11.5. The highest BCUT2D eigenvalue weighted by atomic mass is 35.5. The first kappa shape index (κ1) is 14.4. The zero-order chi connectivity index (χ0) is 12.9. The van der Waals surface area contributed by atoms with E-state index in [9.17, 15) is 0 Å². The first-order chi connectivity index (χ1) is 7.93. The number of thioether (sulfide) groups is 1. The van der Waals surface area contributed by atoms with Crippen LogP contribution in [0.4, 0.5) is 0 Å². The lowest BCUT2D eigenvalue weighted by atomic mass is 9.87. The van der Waals surface area contributed by atoms with Gasteiger partial charge in [0.15, 0.2) is 0 Å². The molecule has 0 amide bonds. The molecule has 2 nitrogen and oxygen atoms in total. The molecule has 3 N–H and O–H groups in total. The van der Waals surface area contributed by atoms with Crippen molar-refractivity contribution < 1.29 is 0 Å². The van der Waals surface area contributed by atoms with Crippen molar-refractivity contribution in [2.75, 3.05) is 5.75 Å². The van der Waals surface area contributed by atoms with Crippen molar-refractivity contribution in [2.24, 2.45) is 11.1 Å². The number of halogens is 1. The van der Waals surface area contributed by atoms with Gasteiger partial charge >= 0.3 is 0 Å². The van der Waals surface area contributed by atoms with Crippen molar-refractivity contribution in [3.05, 3.63) is 29.3 Å². The molecule has 1 aromatic rings. The molecule has 0 saturated carbocycles. The van der Waals surface area contributed by atoms with Gasteiger partial charge < -0.3 is 5.73 Å². The van der Waals surface area contributed by atoms with Gasteiger partial charge in [-0.15, -0.1) is 11.8 Å². The van der Waals surface area contributed by atoms with Crippen molar-refractivity contribution in [2.45, 2.75) is 31.6 Å². The van der Waals surface area contributed by atoms with E-state index in [1.807, 2.05) is 38.1 Å². The van der Waals surface area contributed by atoms with Crippen LogP contribution in [0, 0.1) is 10.8 Å². The number of hydrogen-bond acceptors (Lipinski definition) is 2. The van der Waals surface area contributed by atoms with Crippen molar-refractivity contribution in [3.63, 3.8) is 0 Å². The van der Waals surface area contributed by atoms with E-state index in [0.29, 0.717) is 0 Å². The van der Waals surface area contributed by atoms with Crippen LogP contribution in [0.25, 0.3) is 0 Å². The summed E-state index contributed by atoms with van der Waals surface area (Å²) in [6, 6.07) is 7.87. The fourth-order valence-electron chi connectivity index (χ4n) is 1.39. The summed E-state index contributed by atoms with van der Waals surface area (Å²) in [5, 5.41) is 8.29. The van der Waals surface area contributed by atoms with Gasteiger partial charge in [0.25, 0.3) is 0 Å². The van der Waals surface area contributed by atoms with Gasteiger partial charge in [0.05, 0.1) is 10.9 Å². The molecule has 0 aliphatic carbocycles. The Bertz CT molecular complexity index is 391. The van der Waals surface area contributed by atoms with E-state index in [2.05, 4.69) is 0 Å². The van der Waals surface area contributed by atoms with Gasteiger partial charge in [-0.05, 0) is 30.7 Å². The van der Waals surface area contributed by atoms with Crippen molar-refractivity contribution in [1.82, 2.24) is 0 Å². The summed E-state index contributed by atoms with van der Waals surface area (Å²) in [4.78, 5) is 1.12. The van der Waals surface area contributed by atoms with Crippen LogP contribution in [0.1, 0.15) is 26.7 Å². The Morgan fingerprint density at radius 1 is 1.41 bits per heavy atom. The maximum atomic E-state index is 7.48. The van der Waals surface area contributed by atoms with E-state index >= 15 is 0 Å². The Kier molecular flexibility index (Phi) is 5.34. The third-order valence-corrected chi connectivity index (χ3v) is 4.37. The van der Waals surface area contributed by atoms with E-state index in [0.717, 1.165) is 28.5 Å². The Morgan fingerprint density at radius 3 is 2.65 bits per heavy atom. The van der Waals surface area contributed by atoms with Crippen LogP contribution in [-0.2, 0) is 0 Å². The third-order valence-electron chi connectivity index (χ3n) is 2.77. The Balaban J connectivity index is 2.35. The molecule has 0 atom stereocenters. The maximum absolute atomic E-state index is 7.48. The SMILES string of the molecule is CC(C)(CCCSc1ccccc1Cl)C(=N)N. The predicted molar refractivity (Wildman–Crippen MR) is 77.1 cm³/mol. The quantitative estimate of drug-likeness (QED) is 0.353. The molecule has 94 valence electrons. The van der Waals surface area contributed by atoms with Gasteiger partial charge in [-0.25, -0.2) is 0 Å². The molecule has 0 aromatic heterocycles. The first-order valence-electron chi connectivity index (χ1n) is 5.65. The van der Waals surface area contributed by atoms with Crippen LogP contribution in [0.2, 0.25) is 5.02 Å². The summed E-state index contributed by atoms with van der Waals surface area (Å²) in [5.41, 5.74) is 5.35. The van der Waals surface area contributed by atoms with Gasteiger partial charge in [-0.2, -0.15) is 0 Å². The van der Waals surface area contributed by atoms with Crippen LogP contribution in [-0.4, -0.2) is 11.6 Å². The second kappa shape index (κ2) is 6.31. The monoisotopic (exact) mass is 270 g/mol. The van der Waals surface area contributed by atoms with E-state index in [-0.39, 0.29) is 11.3 Å². The lowest BCUT2D eigenvalue weighted by Gasteiger charge is -2.22. The summed E-state index contributed by atoms with van der Waals surface area (Å²) in [6.07, 6.45) is 1.96. The van der Waals surface area contributed by atoms with Crippen molar-refractivity contribution in [1.29, 1.82) is 5.41 Å². The van der Waals surface area contributed by atoms with Crippen LogP contribution < -0.4 is 5.73 Å². The van der Waals surface area contributed by atoms with E-state index in [1.165, 1.54) is 0 Å². The van der Waals surface area contributed by atoms with Gasteiger partial charge in [-0.3, -0.25) is 5.41 Å². The average molecular weight is 271 g/mol. The summed E-state index contributed by atoms with van der Waals surface area (Å²) < 4.78 is 0. The topological polar surface area (TPSA) is 49.9 Å². The van der Waals surface area contributed by atoms with E-state index < -0.39 is 0 Å². The average Bonchev–Trinajstić information content (AvgIpc) is 2.26. The van der Waals surface area contributed by atoms with Crippen LogP contribution >= 0.6 is 23.4 Å². The molecule has 0 spiro atoms. The fourth-order valence-corrected chi connectivity index (χ4v) is 2.58. The molecule has 4 heteroatoms. The predicted octanol–water partition coefficient (Wildman–Crippen LogP) is 4.17. The minimum absolute atomic E-state index is 0.193. The van der Waals surface area contributed by atoms with Crippen LogP contribution in [0.15, 0.2) is 29.2 Å². The molecule has 0 heterocycles. The number of benzene rings is 1. The minimum Gasteiger partial charge on any atom is -0.387 e. The van der Waals surface area contributed by atoms with Gasteiger partial charge in [0.2, 0.25) is 0 Å². The molecule has 0 radical (unpaired) electrons. The minimum atomic E-state index is -0.193. The number of hydrogen-bond donors (Lipinski definition) is 2. The van der Waals surface area contributed by atoms with Crippen molar-refractivity contribution >= 4 is 29.2 Å². The highest BCUT2D eigenvalue weighted by molar-refractivity contribution is 7.99. The Labute approximate surface area is 112 Å². The fraction of sp³-hybridized carbons (Fsp3) is 0.462. The zero-order valence-corrected chi connectivity index (χ0v) is 11.9. The van der Waals surface area contributed by atoms with Gasteiger partial charge in [-0.1, -0.05) is 37.6 Å². The van der Waals surface area contributed by atoms with Gasteiger partial charge in [0.1, 0.15) is 0 Å². The molecule has 0 saturated heterocycles. The molecule has 1 aromatic carbocycles. The van der Waals surface area contributed by atoms with E-state index in [1.54, 1.807) is 11.8 Å². The summed E-state index contributed by atoms with van der Waals surface area (Å²) in [7, 11) is 0. The molecule has 0 aliphatic heterocycles. The standard InChI is InChI=1S/C13H19ClN2S/c1-13(2,12(15)16)8-5-9-17-11-7-4-3-6-10(11)14/h3-4,6-7H,5,8-9H2,1-2H3,(H3,15,16). The van der Waals surface area contributed by atoms with Gasteiger partial charge in [0, 0.05) is 10.3 Å². The zero-order valence-electron chi connectivity index (χ0n) is 10.3. The molecule has 0 aliphatic rings. The van der Waals surface area contributed by atoms with Crippen LogP contribution in [0.3, 0.4) is 0 Å². The number of nitrogens with one attached hydrogen (secondary N) is 1. The molecule has 0 unspecified atom stereocenters. The summed E-state index contributed by atoms with van der Waals surface area (Å²) >= 11 is 7.82. The summed E-state index contributed by atoms with van der Waals surface area (Å²) in [5.74, 6) is 1.26. The highest BCUT2D eigenvalue weighted by Crippen LogP contribution is 2.29. The van der Waals surface area contributed by atoms with Crippen LogP contribution in [0.5, 0.6) is 0 Å². The lowest BCUT2D eigenvalue weighted by Crippen LogP contribution is -2.30. The first-order valence-corrected chi connectivity index (χ1v) is 7.01. The summed E-state index contributed by atoms with van der Waals surface area (Å²) in [6.45, 7) is 4.02. The second-order valence-electron chi connectivity index (χ2n) is 4.68. The Hall–Kier alpha value is -0.670. The highest BCUT2D eigenvalue weighted by Gasteiger charge is 2.20. The largest absolute Gasteiger partial charge is 0.387 e. The molecular formula is C13H19ClN2S. The third kappa shape index (κ3) is 4.60. The molecule has 0 bridgehead atoms. The molecule has 0 fully saturated rings. The second-order valence-corrected chi connectivity index (χ2v) is 6.22. The number of amidine groups is 1. The molecular weight excluding hydrogens is 252 g/mol. The molecule has 1 rings (SSSR count). The number of rotatable bonds is 6. The maximum Gasteiger partial charge on any atom is 0.0963 e. The molecule has 17 heavy (non-hydrogen) atoms. The lowest BCUT2D eigenvalue weighted by molar-refractivity contribution is 0.464. The smallest absolute Gasteiger partial charge is 0.0963 e. The number of nitrogens with two attached hydrogens (primary N) is 1. The van der Waals surface area contributed by atoms with Crippen molar-refractivity contribution in [3.8, 4) is 0 Å².